The summed E-state index contributed by atoms with van der Waals surface area (Å²) in [5.41, 5.74) is 0. The molecule has 0 N–H and O–H groups in total. The van der Waals surface area contributed by atoms with E-state index in [1.807, 2.05) is 13.8 Å². The van der Waals surface area contributed by atoms with Crippen molar-refractivity contribution in [2.45, 2.75) is 32.2 Å². The predicted molar refractivity (Wildman–Crippen MR) is 48.7 cm³/mol. The Hall–Kier alpha value is 1.17. The topological polar surface area (TPSA) is 54.0 Å². The van der Waals surface area contributed by atoms with Crippen LogP contribution in [0.3, 0.4) is 0 Å². The van der Waals surface area contributed by atoms with Crippen molar-refractivity contribution in [3.63, 3.8) is 0 Å². The maximum Gasteiger partial charge on any atom is 0.472 e. The maximum atomic E-state index is 11.7. The number of ether oxygens (including phenoxy) is 1. The van der Waals surface area contributed by atoms with Crippen molar-refractivity contribution in [1.29, 1.82) is 0 Å². The van der Waals surface area contributed by atoms with Crippen LogP contribution in [0, 0.1) is 5.92 Å². The molecule has 0 saturated carbocycles. The van der Waals surface area contributed by atoms with Crippen LogP contribution >= 0.6 is 7.82 Å². The van der Waals surface area contributed by atoms with Gasteiger partial charge < -0.3 is 9.26 Å². The molecule has 5 nitrogen and oxygen atoms in total. The van der Waals surface area contributed by atoms with E-state index < -0.39 is 7.82 Å². The predicted octanol–water partition coefficient (Wildman–Crippen LogP) is 1.54. The minimum atomic E-state index is -3.33. The molecule has 0 spiro atoms. The molecule has 1 radical (unpaired) electrons. The van der Waals surface area contributed by atoms with Crippen LogP contribution in [0.25, 0.3) is 0 Å². The Bertz CT molecular complexity index is 274. The number of hydrogen-bond donors (Lipinski definition) is 0. The average molecular weight is 310 g/mol. The molecular formula is C8H14O5PY-. The Balaban J connectivity index is 0.00000112. The van der Waals surface area contributed by atoms with Gasteiger partial charge in [0.1, 0.15) is 0 Å². The fourth-order valence-corrected chi connectivity index (χ4v) is 2.84. The largest absolute Gasteiger partial charge is 0.472 e. The molecule has 0 aromatic heterocycles. The molecule has 15 heavy (non-hydrogen) atoms. The van der Waals surface area contributed by atoms with E-state index in [9.17, 15) is 4.57 Å². The van der Waals surface area contributed by atoms with Crippen molar-refractivity contribution in [3.8, 4) is 0 Å². The number of fused-ring (bicyclic) bond motifs is 1. The Kier molecular flexibility index (Phi) is 4.95. The van der Waals surface area contributed by atoms with Gasteiger partial charge in [-0.25, -0.2) is 4.57 Å². The molecule has 2 fully saturated rings. The number of hydrogen-bond acceptors (Lipinski definition) is 5. The fraction of sp³-hybridized carbons (Fsp3) is 0.875. The van der Waals surface area contributed by atoms with E-state index in [1.54, 1.807) is 0 Å². The molecule has 7 heteroatoms. The van der Waals surface area contributed by atoms with Crippen LogP contribution in [0.15, 0.2) is 0 Å². The van der Waals surface area contributed by atoms with Crippen LogP contribution < -0.4 is 0 Å². The van der Waals surface area contributed by atoms with Gasteiger partial charge in [0.05, 0.1) is 12.7 Å². The summed E-state index contributed by atoms with van der Waals surface area (Å²) in [7, 11) is -2.01. The summed E-state index contributed by atoms with van der Waals surface area (Å²) in [5.74, 6) is 1.04. The van der Waals surface area contributed by atoms with E-state index in [4.69, 9.17) is 18.3 Å². The molecule has 1 unspecified atom stereocenters. The minimum absolute atomic E-state index is 0. The summed E-state index contributed by atoms with van der Waals surface area (Å²) in [4.78, 5) is 0. The molecule has 2 aliphatic heterocycles. The van der Waals surface area contributed by atoms with Gasteiger partial charge in [-0.3, -0.25) is 15.0 Å². The molecule has 4 atom stereocenters. The molecule has 0 amide bonds. The Morgan fingerprint density at radius 3 is 2.80 bits per heavy atom. The van der Waals surface area contributed by atoms with E-state index in [1.165, 1.54) is 7.11 Å². The summed E-state index contributed by atoms with van der Waals surface area (Å²) in [6.07, 6.45) is -0.385. The minimum Gasteiger partial charge on any atom is -0.404 e. The first-order valence-electron chi connectivity index (χ1n) is 4.53. The van der Waals surface area contributed by atoms with Crippen molar-refractivity contribution >= 4 is 7.82 Å². The zero-order chi connectivity index (χ0) is 10.3. The maximum absolute atomic E-state index is 11.7. The van der Waals surface area contributed by atoms with Gasteiger partial charge in [0.2, 0.25) is 0 Å². The van der Waals surface area contributed by atoms with Crippen molar-refractivity contribution in [2.75, 3.05) is 13.7 Å². The number of rotatable bonds is 1. The third kappa shape index (κ3) is 2.71. The molecule has 0 bridgehead atoms. The third-order valence-corrected chi connectivity index (χ3v) is 4.07. The second-order valence-corrected chi connectivity index (χ2v) is 5.24. The zero-order valence-electron chi connectivity index (χ0n) is 9.00. The van der Waals surface area contributed by atoms with Crippen LogP contribution in [0.2, 0.25) is 0 Å². The van der Waals surface area contributed by atoms with Gasteiger partial charge in [-0.1, -0.05) is 13.0 Å². The average Bonchev–Trinajstić information content (AvgIpc) is 2.44. The van der Waals surface area contributed by atoms with E-state index >= 15 is 0 Å². The Morgan fingerprint density at radius 1 is 1.53 bits per heavy atom. The van der Waals surface area contributed by atoms with Crippen LogP contribution in [0.4, 0.5) is 0 Å². The van der Waals surface area contributed by atoms with Crippen LogP contribution in [0.1, 0.15) is 13.8 Å². The smallest absolute Gasteiger partial charge is 0.404 e. The molecule has 2 rings (SSSR count). The van der Waals surface area contributed by atoms with Gasteiger partial charge >= 0.3 is 7.82 Å². The van der Waals surface area contributed by atoms with Crippen molar-refractivity contribution < 1.29 is 55.6 Å². The van der Waals surface area contributed by atoms with Gasteiger partial charge in [-0.05, 0) is 6.10 Å². The van der Waals surface area contributed by atoms with Gasteiger partial charge in [0.25, 0.3) is 0 Å². The van der Waals surface area contributed by atoms with Gasteiger partial charge in [0, 0.05) is 39.8 Å². The second kappa shape index (κ2) is 5.22. The van der Waals surface area contributed by atoms with Gasteiger partial charge in [-0.15, -0.1) is 0 Å². The van der Waals surface area contributed by atoms with E-state index in [-0.39, 0.29) is 57.6 Å². The number of phosphoric acid groups is 1. The molecule has 2 aliphatic rings. The van der Waals surface area contributed by atoms with Crippen LogP contribution in [-0.2, 0) is 55.6 Å². The summed E-state index contributed by atoms with van der Waals surface area (Å²) in [5, 5.41) is 0. The normalized spacial score (nSPS) is 45.9. The SMILES string of the molecule is COP1(=O)OC[C@H]2O[C@@H](C)[C-](C)[C@@H]2O1.[Y]. The fourth-order valence-electron chi connectivity index (χ4n) is 1.67. The monoisotopic (exact) mass is 310 g/mol. The third-order valence-electron chi connectivity index (χ3n) is 2.67. The van der Waals surface area contributed by atoms with Crippen molar-refractivity contribution in [3.05, 3.63) is 5.92 Å². The molecule has 85 valence electrons. The first-order valence-corrected chi connectivity index (χ1v) is 5.99. The summed E-state index contributed by atoms with van der Waals surface area (Å²) in [6.45, 7) is 4.13. The molecule has 0 aromatic rings. The Labute approximate surface area is 115 Å². The molecular weight excluding hydrogens is 296 g/mol. The number of phosphoric ester groups is 1. The van der Waals surface area contributed by atoms with Crippen LogP contribution in [-0.4, -0.2) is 32.0 Å². The van der Waals surface area contributed by atoms with Crippen LogP contribution in [0.5, 0.6) is 0 Å². The van der Waals surface area contributed by atoms with E-state index in [0.717, 1.165) is 5.92 Å². The Morgan fingerprint density at radius 2 is 2.20 bits per heavy atom. The quantitative estimate of drug-likeness (QED) is 0.543. The standard InChI is InChI=1S/C8H14O5P.Y/c1-5-6(2)12-7-4-11-14(9,10-3)13-8(5)7;/h6-8H,4H2,1-3H3;/q-1;/t6-,7+,8-,14?;/m0./s1. The molecule has 0 aliphatic carbocycles. The first kappa shape index (κ1) is 14.2. The van der Waals surface area contributed by atoms with E-state index in [0.29, 0.717) is 0 Å². The first-order chi connectivity index (χ1) is 6.56. The second-order valence-electron chi connectivity index (χ2n) is 3.51. The van der Waals surface area contributed by atoms with E-state index in [2.05, 4.69) is 0 Å². The van der Waals surface area contributed by atoms with Gasteiger partial charge in [0.15, 0.2) is 0 Å². The zero-order valence-corrected chi connectivity index (χ0v) is 12.7. The molecule has 0 aromatic carbocycles. The molecule has 2 heterocycles. The summed E-state index contributed by atoms with van der Waals surface area (Å²) < 4.78 is 32.2. The van der Waals surface area contributed by atoms with Gasteiger partial charge in [-0.2, -0.15) is 6.92 Å². The summed E-state index contributed by atoms with van der Waals surface area (Å²) >= 11 is 0. The molecule has 2 saturated heterocycles. The van der Waals surface area contributed by atoms with Crippen molar-refractivity contribution in [1.82, 2.24) is 0 Å². The summed E-state index contributed by atoms with van der Waals surface area (Å²) in [6, 6.07) is 0. The van der Waals surface area contributed by atoms with Crippen molar-refractivity contribution in [2.24, 2.45) is 0 Å².